The van der Waals surface area contributed by atoms with E-state index in [1.165, 1.54) is 7.11 Å². The maximum atomic E-state index is 12.0. The number of rotatable bonds is 4. The Bertz CT molecular complexity index is 449. The molecule has 98 valence electrons. The van der Waals surface area contributed by atoms with Crippen molar-refractivity contribution in [2.45, 2.75) is 19.9 Å². The first kappa shape index (κ1) is 14.6. The van der Waals surface area contributed by atoms with Crippen molar-refractivity contribution in [2.75, 3.05) is 7.11 Å². The van der Waals surface area contributed by atoms with E-state index in [-0.39, 0.29) is 11.8 Å². The number of halogens is 1. The van der Waals surface area contributed by atoms with E-state index < -0.39 is 12.0 Å². The summed E-state index contributed by atoms with van der Waals surface area (Å²) in [7, 11) is 1.30. The van der Waals surface area contributed by atoms with Crippen LogP contribution in [0, 0.1) is 5.92 Å². The van der Waals surface area contributed by atoms with E-state index in [0.29, 0.717) is 10.2 Å². The van der Waals surface area contributed by atoms with Gasteiger partial charge in [0, 0.05) is 6.20 Å². The van der Waals surface area contributed by atoms with Crippen LogP contribution in [0.15, 0.2) is 22.9 Å². The molecule has 1 aromatic rings. The zero-order valence-corrected chi connectivity index (χ0v) is 12.0. The molecule has 0 bridgehead atoms. The highest BCUT2D eigenvalue weighted by atomic mass is 79.9. The van der Waals surface area contributed by atoms with Crippen LogP contribution in [0.2, 0.25) is 0 Å². The van der Waals surface area contributed by atoms with Crippen LogP contribution in [0.4, 0.5) is 0 Å². The number of amides is 1. The van der Waals surface area contributed by atoms with Crippen molar-refractivity contribution in [2.24, 2.45) is 5.92 Å². The summed E-state index contributed by atoms with van der Waals surface area (Å²) < 4.78 is 5.10. The van der Waals surface area contributed by atoms with Crippen LogP contribution in [-0.4, -0.2) is 30.0 Å². The van der Waals surface area contributed by atoms with Gasteiger partial charge < -0.3 is 10.1 Å². The fourth-order valence-corrected chi connectivity index (χ4v) is 1.83. The number of carbonyl (C=O) groups excluding carboxylic acids is 2. The second-order valence-corrected chi connectivity index (χ2v) is 4.81. The third kappa shape index (κ3) is 3.53. The largest absolute Gasteiger partial charge is 0.467 e. The minimum absolute atomic E-state index is 0.0585. The number of carbonyl (C=O) groups is 2. The average molecular weight is 315 g/mol. The summed E-state index contributed by atoms with van der Waals surface area (Å²) in [6, 6.07) is 2.61. The summed E-state index contributed by atoms with van der Waals surface area (Å²) in [5.41, 5.74) is 0.382. The van der Waals surface area contributed by atoms with E-state index in [2.05, 4.69) is 31.0 Å². The van der Waals surface area contributed by atoms with Crippen molar-refractivity contribution in [3.05, 3.63) is 28.5 Å². The number of nitrogens with one attached hydrogen (secondary N) is 1. The van der Waals surface area contributed by atoms with Crippen LogP contribution in [-0.2, 0) is 9.53 Å². The lowest BCUT2D eigenvalue weighted by atomic mass is 10.0. The molecule has 0 aliphatic heterocycles. The summed E-state index contributed by atoms with van der Waals surface area (Å²) >= 11 is 3.19. The Morgan fingerprint density at radius 3 is 2.61 bits per heavy atom. The van der Waals surface area contributed by atoms with E-state index >= 15 is 0 Å². The lowest BCUT2D eigenvalue weighted by Gasteiger charge is -2.19. The van der Waals surface area contributed by atoms with Crippen LogP contribution >= 0.6 is 15.9 Å². The average Bonchev–Trinajstić information content (AvgIpc) is 2.35. The van der Waals surface area contributed by atoms with Gasteiger partial charge in [0.15, 0.2) is 0 Å². The van der Waals surface area contributed by atoms with Gasteiger partial charge >= 0.3 is 5.97 Å². The summed E-state index contributed by atoms with van der Waals surface area (Å²) in [6.45, 7) is 3.67. The number of hydrogen-bond donors (Lipinski definition) is 1. The molecule has 0 radical (unpaired) electrons. The second kappa shape index (κ2) is 6.49. The zero-order valence-electron chi connectivity index (χ0n) is 10.4. The molecule has 18 heavy (non-hydrogen) atoms. The molecule has 0 saturated carbocycles. The fourth-order valence-electron chi connectivity index (χ4n) is 1.40. The van der Waals surface area contributed by atoms with Crippen molar-refractivity contribution < 1.29 is 14.3 Å². The molecular weight excluding hydrogens is 300 g/mol. The Labute approximate surface area is 114 Å². The zero-order chi connectivity index (χ0) is 13.7. The van der Waals surface area contributed by atoms with E-state index in [1.807, 2.05) is 13.8 Å². The predicted octanol–water partition coefficient (Wildman–Crippen LogP) is 1.77. The number of ether oxygens (including phenoxy) is 1. The fraction of sp³-hybridized carbons (Fsp3) is 0.417. The highest BCUT2D eigenvalue weighted by Crippen LogP contribution is 2.13. The number of aromatic nitrogens is 1. The Morgan fingerprint density at radius 2 is 2.11 bits per heavy atom. The lowest BCUT2D eigenvalue weighted by molar-refractivity contribution is -0.144. The van der Waals surface area contributed by atoms with Gasteiger partial charge in [-0.1, -0.05) is 13.8 Å². The maximum Gasteiger partial charge on any atom is 0.328 e. The number of esters is 1. The SMILES string of the molecule is COC(=O)C(NC(=O)c1cccnc1Br)C(C)C. The summed E-state index contributed by atoms with van der Waals surface area (Å²) in [6.07, 6.45) is 1.57. The van der Waals surface area contributed by atoms with Crippen LogP contribution in [0.3, 0.4) is 0 Å². The normalized spacial score (nSPS) is 12.1. The number of nitrogens with zero attached hydrogens (tertiary/aromatic N) is 1. The van der Waals surface area contributed by atoms with Gasteiger partial charge in [-0.05, 0) is 34.0 Å². The molecule has 1 aromatic heterocycles. The molecule has 0 spiro atoms. The molecule has 0 fully saturated rings. The molecule has 0 aliphatic carbocycles. The number of methoxy groups -OCH3 is 1. The van der Waals surface area contributed by atoms with Gasteiger partial charge in [0.25, 0.3) is 5.91 Å². The highest BCUT2D eigenvalue weighted by Gasteiger charge is 2.26. The third-order valence-corrected chi connectivity index (χ3v) is 3.04. The summed E-state index contributed by atoms with van der Waals surface area (Å²) in [4.78, 5) is 27.5. The molecule has 1 rings (SSSR count). The Kier molecular flexibility index (Phi) is 5.27. The molecule has 1 heterocycles. The van der Waals surface area contributed by atoms with Gasteiger partial charge in [-0.3, -0.25) is 4.79 Å². The van der Waals surface area contributed by atoms with Crippen LogP contribution < -0.4 is 5.32 Å². The molecule has 0 aliphatic rings. The van der Waals surface area contributed by atoms with E-state index in [1.54, 1.807) is 18.3 Å². The first-order valence-corrected chi connectivity index (χ1v) is 6.26. The maximum absolute atomic E-state index is 12.0. The molecule has 6 heteroatoms. The Balaban J connectivity index is 2.86. The standard InChI is InChI=1S/C12H15BrN2O3/c1-7(2)9(12(17)18-3)15-11(16)8-5-4-6-14-10(8)13/h4-7,9H,1-3H3,(H,15,16). The monoisotopic (exact) mass is 314 g/mol. The second-order valence-electron chi connectivity index (χ2n) is 4.06. The Hall–Kier alpha value is -1.43. The van der Waals surface area contributed by atoms with Crippen molar-refractivity contribution in [1.82, 2.24) is 10.3 Å². The van der Waals surface area contributed by atoms with Gasteiger partial charge in [0.1, 0.15) is 10.6 Å². The molecule has 1 unspecified atom stereocenters. The molecule has 0 saturated heterocycles. The minimum atomic E-state index is -0.672. The van der Waals surface area contributed by atoms with Gasteiger partial charge in [-0.2, -0.15) is 0 Å². The van der Waals surface area contributed by atoms with Crippen molar-refractivity contribution >= 4 is 27.8 Å². The van der Waals surface area contributed by atoms with Gasteiger partial charge in [-0.25, -0.2) is 9.78 Å². The van der Waals surface area contributed by atoms with Crippen molar-refractivity contribution in [1.29, 1.82) is 0 Å². The molecule has 5 nitrogen and oxygen atoms in total. The Morgan fingerprint density at radius 1 is 1.44 bits per heavy atom. The molecule has 1 amide bonds. The minimum Gasteiger partial charge on any atom is -0.467 e. The van der Waals surface area contributed by atoms with Crippen molar-refractivity contribution in [3.63, 3.8) is 0 Å². The van der Waals surface area contributed by atoms with Gasteiger partial charge in [0.2, 0.25) is 0 Å². The van der Waals surface area contributed by atoms with Crippen molar-refractivity contribution in [3.8, 4) is 0 Å². The first-order chi connectivity index (χ1) is 8.47. The van der Waals surface area contributed by atoms with E-state index in [0.717, 1.165) is 0 Å². The van der Waals surface area contributed by atoms with Gasteiger partial charge in [-0.15, -0.1) is 0 Å². The quantitative estimate of drug-likeness (QED) is 0.679. The highest BCUT2D eigenvalue weighted by molar-refractivity contribution is 9.10. The van der Waals surface area contributed by atoms with Crippen LogP contribution in [0.1, 0.15) is 24.2 Å². The van der Waals surface area contributed by atoms with Crippen LogP contribution in [0.5, 0.6) is 0 Å². The number of hydrogen-bond acceptors (Lipinski definition) is 4. The van der Waals surface area contributed by atoms with Crippen LogP contribution in [0.25, 0.3) is 0 Å². The number of pyridine rings is 1. The summed E-state index contributed by atoms with van der Waals surface area (Å²) in [5, 5.41) is 2.64. The first-order valence-electron chi connectivity index (χ1n) is 5.46. The third-order valence-electron chi connectivity index (χ3n) is 2.41. The predicted molar refractivity (Wildman–Crippen MR) is 70.0 cm³/mol. The van der Waals surface area contributed by atoms with E-state index in [9.17, 15) is 9.59 Å². The molecule has 1 N–H and O–H groups in total. The summed E-state index contributed by atoms with van der Waals surface area (Å²) in [5.74, 6) is -0.880. The smallest absolute Gasteiger partial charge is 0.328 e. The van der Waals surface area contributed by atoms with Gasteiger partial charge in [0.05, 0.1) is 12.7 Å². The molecule has 1 atom stereocenters. The van der Waals surface area contributed by atoms with E-state index in [4.69, 9.17) is 0 Å². The molecule has 0 aromatic carbocycles. The molecular formula is C12H15BrN2O3. The lowest BCUT2D eigenvalue weighted by Crippen LogP contribution is -2.45. The topological polar surface area (TPSA) is 68.3 Å².